The molecule has 0 aromatic heterocycles. The van der Waals surface area contributed by atoms with Crippen LogP contribution in [0.4, 0.5) is 11.4 Å². The van der Waals surface area contributed by atoms with E-state index in [4.69, 9.17) is 35.4 Å². The lowest BCUT2D eigenvalue weighted by atomic mass is 10.2. The summed E-state index contributed by atoms with van der Waals surface area (Å²) in [6, 6.07) is 8.60. The number of phenols is 1. The molecular weight excluding hydrogens is 401 g/mol. The van der Waals surface area contributed by atoms with Crippen molar-refractivity contribution in [1.82, 2.24) is 5.32 Å². The van der Waals surface area contributed by atoms with Crippen LogP contribution in [0.5, 0.6) is 5.75 Å². The minimum absolute atomic E-state index is 0.0171. The number of nitro groups is 1. The van der Waals surface area contributed by atoms with Crippen molar-refractivity contribution in [2.45, 2.75) is 0 Å². The van der Waals surface area contributed by atoms with E-state index < -0.39 is 10.8 Å². The second kappa shape index (κ2) is 8.61. The van der Waals surface area contributed by atoms with E-state index in [1.807, 2.05) is 0 Å². The summed E-state index contributed by atoms with van der Waals surface area (Å²) in [6.45, 7) is 0. The molecule has 26 heavy (non-hydrogen) atoms. The molecule has 0 unspecified atom stereocenters. The van der Waals surface area contributed by atoms with Crippen LogP contribution in [0.2, 0.25) is 10.0 Å². The lowest BCUT2D eigenvalue weighted by molar-refractivity contribution is -0.384. The zero-order chi connectivity index (χ0) is 19.3. The van der Waals surface area contributed by atoms with Crippen LogP contribution in [-0.4, -0.2) is 21.0 Å². The standard InChI is InChI=1S/C16H11Cl2N3O4S/c17-12-7-10(8-13(18)15(12)23)19-16(26)20-14(22)5-4-9-2-1-3-11(6-9)21(24)25/h1-8,23H,(H2,19,20,22,26)/b5-4+. The van der Waals surface area contributed by atoms with Crippen LogP contribution in [0.25, 0.3) is 6.08 Å². The quantitative estimate of drug-likeness (QED) is 0.229. The lowest BCUT2D eigenvalue weighted by Gasteiger charge is -2.10. The fourth-order valence-electron chi connectivity index (χ4n) is 1.87. The van der Waals surface area contributed by atoms with Crippen molar-refractivity contribution in [3.05, 3.63) is 68.2 Å². The fraction of sp³-hybridized carbons (Fsp3) is 0. The monoisotopic (exact) mass is 411 g/mol. The van der Waals surface area contributed by atoms with Gasteiger partial charge in [-0.15, -0.1) is 0 Å². The highest BCUT2D eigenvalue weighted by Crippen LogP contribution is 2.34. The maximum absolute atomic E-state index is 11.9. The molecule has 0 aliphatic rings. The lowest BCUT2D eigenvalue weighted by Crippen LogP contribution is -2.32. The van der Waals surface area contributed by atoms with Gasteiger partial charge in [-0.25, -0.2) is 0 Å². The van der Waals surface area contributed by atoms with Gasteiger partial charge in [0, 0.05) is 23.9 Å². The maximum atomic E-state index is 11.9. The molecular formula is C16H11Cl2N3O4S. The zero-order valence-corrected chi connectivity index (χ0v) is 15.2. The number of nitro benzene ring substituents is 1. The number of aromatic hydroxyl groups is 1. The first kappa shape index (κ1) is 19.6. The third kappa shape index (κ3) is 5.41. The molecule has 0 atom stereocenters. The van der Waals surface area contributed by atoms with Crippen molar-refractivity contribution in [1.29, 1.82) is 0 Å². The number of halogens is 2. The van der Waals surface area contributed by atoms with Gasteiger partial charge < -0.3 is 10.4 Å². The van der Waals surface area contributed by atoms with Crippen LogP contribution in [0.1, 0.15) is 5.56 Å². The zero-order valence-electron chi connectivity index (χ0n) is 12.9. The number of carbonyl (C=O) groups is 1. The topological polar surface area (TPSA) is 104 Å². The van der Waals surface area contributed by atoms with Crippen molar-refractivity contribution < 1.29 is 14.8 Å². The Bertz CT molecular complexity index is 895. The third-order valence-electron chi connectivity index (χ3n) is 3.02. The van der Waals surface area contributed by atoms with E-state index in [2.05, 4.69) is 10.6 Å². The molecule has 10 heteroatoms. The molecule has 0 saturated heterocycles. The van der Waals surface area contributed by atoms with E-state index in [-0.39, 0.29) is 26.6 Å². The van der Waals surface area contributed by atoms with Crippen LogP contribution >= 0.6 is 35.4 Å². The highest BCUT2D eigenvalue weighted by molar-refractivity contribution is 7.80. The van der Waals surface area contributed by atoms with Crippen molar-refractivity contribution in [2.24, 2.45) is 0 Å². The predicted molar refractivity (Wildman–Crippen MR) is 105 cm³/mol. The Kier molecular flexibility index (Phi) is 6.51. The molecule has 134 valence electrons. The summed E-state index contributed by atoms with van der Waals surface area (Å²) < 4.78 is 0. The summed E-state index contributed by atoms with van der Waals surface area (Å²) in [7, 11) is 0. The van der Waals surface area contributed by atoms with E-state index in [9.17, 15) is 20.0 Å². The average molecular weight is 412 g/mol. The van der Waals surface area contributed by atoms with Gasteiger partial charge in [-0.3, -0.25) is 20.2 Å². The summed E-state index contributed by atoms with van der Waals surface area (Å²) in [5.41, 5.74) is 0.793. The number of hydrogen-bond acceptors (Lipinski definition) is 5. The number of phenolic OH excluding ortho intramolecular Hbond substituents is 1. The molecule has 2 rings (SSSR count). The smallest absolute Gasteiger partial charge is 0.270 e. The second-order valence-corrected chi connectivity index (χ2v) is 6.14. The van der Waals surface area contributed by atoms with E-state index >= 15 is 0 Å². The van der Waals surface area contributed by atoms with Crippen LogP contribution in [-0.2, 0) is 4.79 Å². The number of amides is 1. The average Bonchev–Trinajstić information content (AvgIpc) is 2.58. The number of thiocarbonyl (C=S) groups is 1. The predicted octanol–water partition coefficient (Wildman–Crippen LogP) is 4.13. The summed E-state index contributed by atoms with van der Waals surface area (Å²) in [4.78, 5) is 22.1. The van der Waals surface area contributed by atoms with Crippen LogP contribution < -0.4 is 10.6 Å². The largest absolute Gasteiger partial charge is 0.505 e. The first-order chi connectivity index (χ1) is 12.3. The molecule has 0 aliphatic heterocycles. The number of rotatable bonds is 4. The summed E-state index contributed by atoms with van der Waals surface area (Å²) in [6.07, 6.45) is 2.60. The summed E-state index contributed by atoms with van der Waals surface area (Å²) in [5.74, 6) is -0.793. The first-order valence-electron chi connectivity index (χ1n) is 6.99. The first-order valence-corrected chi connectivity index (χ1v) is 8.15. The van der Waals surface area contributed by atoms with E-state index in [0.717, 1.165) is 0 Å². The van der Waals surface area contributed by atoms with E-state index in [1.54, 1.807) is 6.07 Å². The molecule has 1 amide bonds. The number of nitrogens with zero attached hydrogens (tertiary/aromatic N) is 1. The molecule has 3 N–H and O–H groups in total. The molecule has 0 fully saturated rings. The highest BCUT2D eigenvalue weighted by Gasteiger charge is 2.09. The molecule has 0 heterocycles. The van der Waals surface area contributed by atoms with E-state index in [0.29, 0.717) is 11.3 Å². The second-order valence-electron chi connectivity index (χ2n) is 4.92. The normalized spacial score (nSPS) is 10.5. The Morgan fingerprint density at radius 1 is 1.23 bits per heavy atom. The van der Waals surface area contributed by atoms with Gasteiger partial charge in [0.2, 0.25) is 5.91 Å². The number of anilines is 1. The van der Waals surface area contributed by atoms with Gasteiger partial charge in [0.1, 0.15) is 0 Å². The minimum atomic E-state index is -0.537. The van der Waals surface area contributed by atoms with Crippen molar-refractivity contribution in [3.63, 3.8) is 0 Å². The van der Waals surface area contributed by atoms with Gasteiger partial charge in [0.25, 0.3) is 5.69 Å². The number of non-ortho nitro benzene ring substituents is 1. The summed E-state index contributed by atoms with van der Waals surface area (Å²) in [5, 5.41) is 25.4. The number of nitrogens with one attached hydrogen (secondary N) is 2. The van der Waals surface area contributed by atoms with Gasteiger partial charge in [0.05, 0.1) is 15.0 Å². The Morgan fingerprint density at radius 2 is 1.88 bits per heavy atom. The Labute approximate surface area is 163 Å². The Balaban J connectivity index is 1.98. The number of carbonyl (C=O) groups excluding carboxylic acids is 1. The number of hydrogen-bond donors (Lipinski definition) is 3. The van der Waals surface area contributed by atoms with E-state index in [1.165, 1.54) is 42.5 Å². The highest BCUT2D eigenvalue weighted by atomic mass is 35.5. The molecule has 2 aromatic carbocycles. The third-order valence-corrected chi connectivity index (χ3v) is 3.80. The fourth-order valence-corrected chi connectivity index (χ4v) is 2.57. The SMILES string of the molecule is O=C(/C=C/c1cccc([N+](=O)[O-])c1)NC(=S)Nc1cc(Cl)c(O)c(Cl)c1. The number of benzene rings is 2. The van der Waals surface area contributed by atoms with Crippen molar-refractivity contribution >= 4 is 63.9 Å². The van der Waals surface area contributed by atoms with Crippen molar-refractivity contribution in [2.75, 3.05) is 5.32 Å². The van der Waals surface area contributed by atoms with Gasteiger partial charge >= 0.3 is 0 Å². The Hall–Kier alpha value is -2.68. The van der Waals surface area contributed by atoms with Gasteiger partial charge in [0.15, 0.2) is 10.9 Å². The molecule has 0 radical (unpaired) electrons. The van der Waals surface area contributed by atoms with Crippen molar-refractivity contribution in [3.8, 4) is 5.75 Å². The van der Waals surface area contributed by atoms with Gasteiger partial charge in [-0.2, -0.15) is 0 Å². The summed E-state index contributed by atoms with van der Waals surface area (Å²) >= 11 is 16.6. The minimum Gasteiger partial charge on any atom is -0.505 e. The van der Waals surface area contributed by atoms with Gasteiger partial charge in [-0.1, -0.05) is 35.3 Å². The van der Waals surface area contributed by atoms with Crippen LogP contribution in [0.3, 0.4) is 0 Å². The molecule has 2 aromatic rings. The molecule has 0 bridgehead atoms. The molecule has 7 nitrogen and oxygen atoms in total. The molecule has 0 spiro atoms. The molecule has 0 aliphatic carbocycles. The maximum Gasteiger partial charge on any atom is 0.270 e. The molecule has 0 saturated carbocycles. The van der Waals surface area contributed by atoms with Crippen LogP contribution in [0, 0.1) is 10.1 Å². The Morgan fingerprint density at radius 3 is 2.50 bits per heavy atom. The van der Waals surface area contributed by atoms with Crippen LogP contribution in [0.15, 0.2) is 42.5 Å². The van der Waals surface area contributed by atoms with Gasteiger partial charge in [-0.05, 0) is 36.0 Å².